The van der Waals surface area contributed by atoms with Crippen LogP contribution in [0.25, 0.3) is 0 Å². The SMILES string of the molecule is O=C(O)CN1NNc2nc(N3CCC(Oc4cc(F)ccc4Br)CC3)ncc21. The molecular weight excluding hydrogens is 435 g/mol. The molecule has 1 fully saturated rings. The predicted molar refractivity (Wildman–Crippen MR) is 104 cm³/mol. The number of piperidine rings is 1. The average Bonchev–Trinajstić information content (AvgIpc) is 3.07. The summed E-state index contributed by atoms with van der Waals surface area (Å²) < 4.78 is 20.1. The molecule has 1 aromatic heterocycles. The molecule has 2 aliphatic heterocycles. The van der Waals surface area contributed by atoms with Crippen molar-refractivity contribution >= 4 is 39.4 Å². The lowest BCUT2D eigenvalue weighted by atomic mass is 10.1. The Balaban J connectivity index is 1.38. The van der Waals surface area contributed by atoms with Gasteiger partial charge in [-0.2, -0.15) is 4.98 Å². The molecule has 4 rings (SSSR count). The maximum atomic E-state index is 13.4. The first-order chi connectivity index (χ1) is 13.5. The van der Waals surface area contributed by atoms with Gasteiger partial charge in [0.2, 0.25) is 5.95 Å². The second-order valence-corrected chi connectivity index (χ2v) is 7.35. The largest absolute Gasteiger partial charge is 0.489 e. The summed E-state index contributed by atoms with van der Waals surface area (Å²) in [5.74, 6) is 0.309. The van der Waals surface area contributed by atoms with Gasteiger partial charge in [0.15, 0.2) is 5.82 Å². The zero-order chi connectivity index (χ0) is 19.7. The van der Waals surface area contributed by atoms with Gasteiger partial charge < -0.3 is 14.7 Å². The van der Waals surface area contributed by atoms with Crippen LogP contribution in [0.5, 0.6) is 5.75 Å². The number of benzene rings is 1. The summed E-state index contributed by atoms with van der Waals surface area (Å²) in [4.78, 5) is 21.8. The molecule has 0 saturated carbocycles. The Morgan fingerprint density at radius 2 is 2.18 bits per heavy atom. The fraction of sp³-hybridized carbons (Fsp3) is 0.353. The summed E-state index contributed by atoms with van der Waals surface area (Å²) in [6.07, 6.45) is 3.08. The smallest absolute Gasteiger partial charge is 0.324 e. The minimum atomic E-state index is -0.960. The predicted octanol–water partition coefficient (Wildman–Crippen LogP) is 2.16. The fourth-order valence-electron chi connectivity index (χ4n) is 3.17. The molecule has 0 bridgehead atoms. The Hall–Kier alpha value is -2.66. The number of carboxylic acids is 1. The van der Waals surface area contributed by atoms with E-state index >= 15 is 0 Å². The van der Waals surface area contributed by atoms with Gasteiger partial charge in [-0.05, 0) is 28.1 Å². The third-order valence-corrected chi connectivity index (χ3v) is 5.22. The molecule has 3 N–H and O–H groups in total. The van der Waals surface area contributed by atoms with Crippen molar-refractivity contribution in [1.29, 1.82) is 0 Å². The number of ether oxygens (including phenoxy) is 1. The molecular formula is C17H18BrFN6O3. The summed E-state index contributed by atoms with van der Waals surface area (Å²) in [7, 11) is 0. The molecule has 0 unspecified atom stereocenters. The number of rotatable bonds is 5. The highest BCUT2D eigenvalue weighted by Gasteiger charge is 2.27. The molecule has 1 saturated heterocycles. The monoisotopic (exact) mass is 452 g/mol. The minimum absolute atomic E-state index is 0.0189. The van der Waals surface area contributed by atoms with Gasteiger partial charge >= 0.3 is 5.97 Å². The van der Waals surface area contributed by atoms with E-state index in [-0.39, 0.29) is 18.5 Å². The number of anilines is 3. The lowest BCUT2D eigenvalue weighted by Gasteiger charge is -2.32. The minimum Gasteiger partial charge on any atom is -0.489 e. The average molecular weight is 453 g/mol. The highest BCUT2D eigenvalue weighted by Crippen LogP contribution is 2.31. The third kappa shape index (κ3) is 3.94. The van der Waals surface area contributed by atoms with Crippen LogP contribution >= 0.6 is 15.9 Å². The molecule has 9 nitrogen and oxygen atoms in total. The number of carbonyl (C=O) groups is 1. The highest BCUT2D eigenvalue weighted by molar-refractivity contribution is 9.10. The van der Waals surface area contributed by atoms with E-state index in [2.05, 4.69) is 36.9 Å². The molecule has 0 radical (unpaired) electrons. The number of halogens is 2. The second kappa shape index (κ2) is 7.76. The van der Waals surface area contributed by atoms with E-state index in [0.717, 1.165) is 17.3 Å². The van der Waals surface area contributed by atoms with Crippen LogP contribution in [0.3, 0.4) is 0 Å². The van der Waals surface area contributed by atoms with E-state index in [1.165, 1.54) is 17.1 Å². The second-order valence-electron chi connectivity index (χ2n) is 6.50. The van der Waals surface area contributed by atoms with Crippen molar-refractivity contribution in [2.75, 3.05) is 35.0 Å². The van der Waals surface area contributed by atoms with Crippen molar-refractivity contribution in [3.63, 3.8) is 0 Å². The normalized spacial score (nSPS) is 16.6. The summed E-state index contributed by atoms with van der Waals surface area (Å²) >= 11 is 3.38. The van der Waals surface area contributed by atoms with Crippen LogP contribution in [-0.4, -0.2) is 46.8 Å². The number of aromatic nitrogens is 2. The number of carboxylic acid groups (broad SMARTS) is 1. The number of aliphatic carboxylic acids is 1. The van der Waals surface area contributed by atoms with Gasteiger partial charge in [0.25, 0.3) is 0 Å². The Bertz CT molecular complexity index is 893. The van der Waals surface area contributed by atoms with Crippen LogP contribution in [0.15, 0.2) is 28.9 Å². The van der Waals surface area contributed by atoms with Crippen molar-refractivity contribution in [3.05, 3.63) is 34.7 Å². The zero-order valence-electron chi connectivity index (χ0n) is 14.7. The van der Waals surface area contributed by atoms with E-state index in [1.807, 2.05) is 4.90 Å². The van der Waals surface area contributed by atoms with E-state index in [4.69, 9.17) is 9.84 Å². The summed E-state index contributed by atoms with van der Waals surface area (Å²) in [6, 6.07) is 4.39. The van der Waals surface area contributed by atoms with Gasteiger partial charge in [-0.25, -0.2) is 9.37 Å². The van der Waals surface area contributed by atoms with E-state index in [9.17, 15) is 9.18 Å². The maximum absolute atomic E-state index is 13.4. The first-order valence-corrected chi connectivity index (χ1v) is 9.53. The summed E-state index contributed by atoms with van der Waals surface area (Å²) in [5.41, 5.74) is 6.20. The van der Waals surface area contributed by atoms with Crippen LogP contribution < -0.4 is 25.6 Å². The number of nitrogens with one attached hydrogen (secondary N) is 2. The Morgan fingerprint density at radius 1 is 1.39 bits per heavy atom. The third-order valence-electron chi connectivity index (χ3n) is 4.56. The van der Waals surface area contributed by atoms with Crippen LogP contribution in [-0.2, 0) is 4.79 Å². The van der Waals surface area contributed by atoms with E-state index in [1.54, 1.807) is 12.3 Å². The molecule has 148 valence electrons. The molecule has 11 heteroatoms. The van der Waals surface area contributed by atoms with Crippen LogP contribution in [0.4, 0.5) is 21.8 Å². The molecule has 3 heterocycles. The molecule has 0 atom stereocenters. The van der Waals surface area contributed by atoms with Gasteiger partial charge in [-0.15, -0.1) is 5.53 Å². The van der Waals surface area contributed by atoms with Gasteiger partial charge in [0.05, 0.1) is 10.7 Å². The fourth-order valence-corrected chi connectivity index (χ4v) is 3.51. The molecule has 28 heavy (non-hydrogen) atoms. The lowest BCUT2D eigenvalue weighted by molar-refractivity contribution is -0.135. The molecule has 2 aromatic rings. The molecule has 0 aliphatic carbocycles. The van der Waals surface area contributed by atoms with Crippen LogP contribution in [0.2, 0.25) is 0 Å². The van der Waals surface area contributed by atoms with Crippen molar-refractivity contribution in [1.82, 2.24) is 15.5 Å². The van der Waals surface area contributed by atoms with Crippen molar-refractivity contribution < 1.29 is 19.0 Å². The van der Waals surface area contributed by atoms with Gasteiger partial charge in [-0.1, -0.05) is 0 Å². The Labute approximate surface area is 168 Å². The standard InChI is InChI=1S/C17H18BrFN6O3/c18-12-2-1-10(19)7-14(12)28-11-3-5-24(6-4-11)17-20-8-13-16(21-17)22-23-25(13)9-15(26)27/h1-2,7-8,11,23H,3-6,9H2,(H,26,27)(H,20,21,22). The first-order valence-electron chi connectivity index (χ1n) is 8.74. The number of fused-ring (bicyclic) bond motifs is 1. The van der Waals surface area contributed by atoms with Crippen LogP contribution in [0, 0.1) is 5.82 Å². The van der Waals surface area contributed by atoms with Gasteiger partial charge in [0, 0.05) is 32.0 Å². The molecule has 1 aromatic carbocycles. The quantitative estimate of drug-likeness (QED) is 0.629. The zero-order valence-corrected chi connectivity index (χ0v) is 16.3. The molecule has 2 aliphatic rings. The lowest BCUT2D eigenvalue weighted by Crippen LogP contribution is -2.39. The number of hydrogen-bond acceptors (Lipinski definition) is 8. The number of hydrazine groups is 2. The van der Waals surface area contributed by atoms with Crippen molar-refractivity contribution in [2.24, 2.45) is 0 Å². The van der Waals surface area contributed by atoms with E-state index in [0.29, 0.717) is 36.3 Å². The van der Waals surface area contributed by atoms with Crippen LogP contribution in [0.1, 0.15) is 12.8 Å². The number of hydrogen-bond donors (Lipinski definition) is 3. The van der Waals surface area contributed by atoms with Gasteiger partial charge in [-0.3, -0.25) is 15.2 Å². The van der Waals surface area contributed by atoms with Gasteiger partial charge in [0.1, 0.15) is 29.9 Å². The first kappa shape index (κ1) is 18.7. The molecule has 0 spiro atoms. The maximum Gasteiger partial charge on any atom is 0.324 e. The Kier molecular flexibility index (Phi) is 5.18. The van der Waals surface area contributed by atoms with Crippen molar-refractivity contribution in [3.8, 4) is 5.75 Å². The van der Waals surface area contributed by atoms with E-state index < -0.39 is 5.97 Å². The van der Waals surface area contributed by atoms with Crippen molar-refractivity contribution in [2.45, 2.75) is 18.9 Å². The highest BCUT2D eigenvalue weighted by atomic mass is 79.9. The number of nitrogens with zero attached hydrogens (tertiary/aromatic N) is 4. The summed E-state index contributed by atoms with van der Waals surface area (Å²) in [5, 5.41) is 10.4. The topological polar surface area (TPSA) is 103 Å². The summed E-state index contributed by atoms with van der Waals surface area (Å²) in [6.45, 7) is 1.19. The molecule has 0 amide bonds. The Morgan fingerprint density at radius 3 is 2.93 bits per heavy atom.